The zero-order valence-corrected chi connectivity index (χ0v) is 10.9. The first kappa shape index (κ1) is 13.6. The van der Waals surface area contributed by atoms with E-state index in [1.807, 2.05) is 12.1 Å². The summed E-state index contributed by atoms with van der Waals surface area (Å²) in [6.45, 7) is 3.06. The van der Waals surface area contributed by atoms with Crippen LogP contribution in [0.3, 0.4) is 0 Å². The van der Waals surface area contributed by atoms with Gasteiger partial charge in [-0.1, -0.05) is 37.6 Å². The Morgan fingerprint density at radius 1 is 1.22 bits per heavy atom. The molecule has 98 valence electrons. The van der Waals surface area contributed by atoms with Crippen LogP contribution in [-0.2, 0) is 4.74 Å². The minimum absolute atomic E-state index is 0.169. The SMILES string of the molecule is CCCC1CCC(c2ccc(B(O)O)cc2)OC1. The van der Waals surface area contributed by atoms with Crippen LogP contribution in [0.4, 0.5) is 0 Å². The summed E-state index contributed by atoms with van der Waals surface area (Å²) in [6, 6.07) is 7.36. The third-order valence-electron chi connectivity index (χ3n) is 3.67. The van der Waals surface area contributed by atoms with Crippen molar-refractivity contribution in [2.75, 3.05) is 6.61 Å². The van der Waals surface area contributed by atoms with Crippen molar-refractivity contribution in [3.05, 3.63) is 29.8 Å². The summed E-state index contributed by atoms with van der Waals surface area (Å²) in [4.78, 5) is 0. The second-order valence-electron chi connectivity index (χ2n) is 5.09. The summed E-state index contributed by atoms with van der Waals surface area (Å²) in [5.41, 5.74) is 1.66. The van der Waals surface area contributed by atoms with Crippen LogP contribution in [0.15, 0.2) is 24.3 Å². The average Bonchev–Trinajstić information content (AvgIpc) is 2.40. The third-order valence-corrected chi connectivity index (χ3v) is 3.67. The van der Waals surface area contributed by atoms with Crippen LogP contribution in [0.2, 0.25) is 0 Å². The predicted molar refractivity (Wildman–Crippen MR) is 72.6 cm³/mol. The zero-order valence-electron chi connectivity index (χ0n) is 10.9. The summed E-state index contributed by atoms with van der Waals surface area (Å²) in [5, 5.41) is 18.1. The van der Waals surface area contributed by atoms with E-state index < -0.39 is 7.12 Å². The van der Waals surface area contributed by atoms with Gasteiger partial charge in [0.15, 0.2) is 0 Å². The van der Waals surface area contributed by atoms with Crippen molar-refractivity contribution in [2.24, 2.45) is 5.92 Å². The first-order valence-electron chi connectivity index (χ1n) is 6.78. The largest absolute Gasteiger partial charge is 0.488 e. The fourth-order valence-corrected chi connectivity index (χ4v) is 2.59. The fourth-order valence-electron chi connectivity index (χ4n) is 2.59. The van der Waals surface area contributed by atoms with Gasteiger partial charge in [-0.25, -0.2) is 0 Å². The van der Waals surface area contributed by atoms with Crippen molar-refractivity contribution in [2.45, 2.75) is 38.7 Å². The molecule has 2 atom stereocenters. The molecular formula is C14H21BO3. The Bertz CT molecular complexity index is 356. The summed E-state index contributed by atoms with van der Waals surface area (Å²) >= 11 is 0. The topological polar surface area (TPSA) is 49.7 Å². The van der Waals surface area contributed by atoms with Crippen LogP contribution in [0.25, 0.3) is 0 Å². The van der Waals surface area contributed by atoms with Gasteiger partial charge in [0.2, 0.25) is 0 Å². The molecule has 2 rings (SSSR count). The van der Waals surface area contributed by atoms with Crippen molar-refractivity contribution >= 4 is 12.6 Å². The molecule has 0 aliphatic carbocycles. The minimum atomic E-state index is -1.39. The molecule has 4 heteroatoms. The lowest BCUT2D eigenvalue weighted by molar-refractivity contribution is -0.0194. The molecule has 3 nitrogen and oxygen atoms in total. The van der Waals surface area contributed by atoms with Crippen LogP contribution in [0.1, 0.15) is 44.3 Å². The van der Waals surface area contributed by atoms with E-state index in [1.165, 1.54) is 19.3 Å². The van der Waals surface area contributed by atoms with Gasteiger partial charge in [0, 0.05) is 0 Å². The smallest absolute Gasteiger partial charge is 0.423 e. The van der Waals surface area contributed by atoms with Crippen molar-refractivity contribution in [1.29, 1.82) is 0 Å². The molecule has 0 bridgehead atoms. The van der Waals surface area contributed by atoms with E-state index in [2.05, 4.69) is 6.92 Å². The molecule has 1 saturated heterocycles. The maximum atomic E-state index is 9.04. The second kappa shape index (κ2) is 6.37. The molecule has 2 N–H and O–H groups in total. The fraction of sp³-hybridized carbons (Fsp3) is 0.571. The maximum Gasteiger partial charge on any atom is 0.488 e. The van der Waals surface area contributed by atoms with Crippen molar-refractivity contribution < 1.29 is 14.8 Å². The van der Waals surface area contributed by atoms with Gasteiger partial charge in [0.05, 0.1) is 12.7 Å². The summed E-state index contributed by atoms with van der Waals surface area (Å²) in [7, 11) is -1.39. The molecule has 1 aromatic rings. The highest BCUT2D eigenvalue weighted by Crippen LogP contribution is 2.31. The Morgan fingerprint density at radius 2 is 1.94 bits per heavy atom. The van der Waals surface area contributed by atoms with Gasteiger partial charge >= 0.3 is 7.12 Å². The normalized spacial score (nSPS) is 23.9. The molecule has 0 radical (unpaired) electrons. The van der Waals surface area contributed by atoms with Gasteiger partial charge in [0.25, 0.3) is 0 Å². The molecule has 0 aromatic heterocycles. The molecule has 1 aliphatic heterocycles. The lowest BCUT2D eigenvalue weighted by Gasteiger charge is -2.29. The summed E-state index contributed by atoms with van der Waals surface area (Å²) < 4.78 is 5.90. The van der Waals surface area contributed by atoms with E-state index in [1.54, 1.807) is 12.1 Å². The molecule has 2 unspecified atom stereocenters. The lowest BCUT2D eigenvalue weighted by Crippen LogP contribution is -2.29. The zero-order chi connectivity index (χ0) is 13.0. The monoisotopic (exact) mass is 248 g/mol. The van der Waals surface area contributed by atoms with Crippen LogP contribution >= 0.6 is 0 Å². The molecule has 0 saturated carbocycles. The summed E-state index contributed by atoms with van der Waals surface area (Å²) in [5.74, 6) is 0.713. The van der Waals surface area contributed by atoms with E-state index >= 15 is 0 Å². The van der Waals surface area contributed by atoms with E-state index in [9.17, 15) is 0 Å². The van der Waals surface area contributed by atoms with Crippen LogP contribution in [-0.4, -0.2) is 23.8 Å². The molecule has 18 heavy (non-hydrogen) atoms. The number of ether oxygens (including phenoxy) is 1. The molecule has 1 fully saturated rings. The molecule has 1 heterocycles. The Kier molecular flexibility index (Phi) is 4.81. The highest BCUT2D eigenvalue weighted by Gasteiger charge is 2.22. The first-order chi connectivity index (χ1) is 8.70. The number of benzene rings is 1. The number of rotatable bonds is 4. The number of hydrogen-bond donors (Lipinski definition) is 2. The lowest BCUT2D eigenvalue weighted by atomic mass is 9.79. The highest BCUT2D eigenvalue weighted by atomic mass is 16.5. The first-order valence-corrected chi connectivity index (χ1v) is 6.78. The number of hydrogen-bond acceptors (Lipinski definition) is 3. The maximum absolute atomic E-state index is 9.04. The Balaban J connectivity index is 1.93. The van der Waals surface area contributed by atoms with Gasteiger partial charge in [-0.15, -0.1) is 0 Å². The Morgan fingerprint density at radius 3 is 2.44 bits per heavy atom. The van der Waals surface area contributed by atoms with Crippen LogP contribution < -0.4 is 5.46 Å². The summed E-state index contributed by atoms with van der Waals surface area (Å²) in [6.07, 6.45) is 4.93. The quantitative estimate of drug-likeness (QED) is 0.796. The highest BCUT2D eigenvalue weighted by molar-refractivity contribution is 6.58. The van der Waals surface area contributed by atoms with Gasteiger partial charge in [-0.2, -0.15) is 0 Å². The Labute approximate surface area is 109 Å². The van der Waals surface area contributed by atoms with E-state index in [0.717, 1.165) is 18.6 Å². The van der Waals surface area contributed by atoms with Gasteiger partial charge in [-0.05, 0) is 36.2 Å². The Hall–Kier alpha value is -0.835. The van der Waals surface area contributed by atoms with Gasteiger partial charge in [0.1, 0.15) is 0 Å². The molecule has 1 aliphatic rings. The van der Waals surface area contributed by atoms with E-state index in [0.29, 0.717) is 11.4 Å². The average molecular weight is 248 g/mol. The molecule has 0 amide bonds. The van der Waals surface area contributed by atoms with E-state index in [-0.39, 0.29) is 6.10 Å². The van der Waals surface area contributed by atoms with Crippen molar-refractivity contribution in [1.82, 2.24) is 0 Å². The second-order valence-corrected chi connectivity index (χ2v) is 5.09. The molecule has 1 aromatic carbocycles. The van der Waals surface area contributed by atoms with Crippen LogP contribution in [0.5, 0.6) is 0 Å². The van der Waals surface area contributed by atoms with Gasteiger partial charge in [-0.3, -0.25) is 0 Å². The molecular weight excluding hydrogens is 227 g/mol. The third kappa shape index (κ3) is 3.34. The predicted octanol–water partition coefficient (Wildman–Crippen LogP) is 1.63. The minimum Gasteiger partial charge on any atom is -0.423 e. The molecule has 0 spiro atoms. The van der Waals surface area contributed by atoms with Gasteiger partial charge < -0.3 is 14.8 Å². The standard InChI is InChI=1S/C14H21BO3/c1-2-3-11-4-9-14(18-10-11)12-5-7-13(8-6-12)15(16)17/h5-8,11,14,16-17H,2-4,9-10H2,1H3. The van der Waals surface area contributed by atoms with Crippen LogP contribution in [0, 0.1) is 5.92 Å². The van der Waals surface area contributed by atoms with E-state index in [4.69, 9.17) is 14.8 Å². The van der Waals surface area contributed by atoms with Crippen molar-refractivity contribution in [3.8, 4) is 0 Å². The van der Waals surface area contributed by atoms with Crippen molar-refractivity contribution in [3.63, 3.8) is 0 Å².